The minimum absolute atomic E-state index is 0.193. The number of fused-ring (bicyclic) bond motifs is 1. The van der Waals surface area contributed by atoms with Crippen molar-refractivity contribution in [2.75, 3.05) is 31.1 Å². The molecule has 2 aromatic carbocycles. The molecule has 0 N–H and O–H groups in total. The number of benzene rings is 2. The first-order valence-corrected chi connectivity index (χ1v) is 11.9. The van der Waals surface area contributed by atoms with Crippen molar-refractivity contribution in [2.45, 2.75) is 32.6 Å². The number of aromatic nitrogens is 1. The molecule has 0 saturated carbocycles. The summed E-state index contributed by atoms with van der Waals surface area (Å²) >= 11 is 6.04. The van der Waals surface area contributed by atoms with E-state index in [2.05, 4.69) is 50.9 Å². The number of aldehydes is 1. The molecule has 2 aliphatic rings. The first kappa shape index (κ1) is 22.1. The summed E-state index contributed by atoms with van der Waals surface area (Å²) in [4.78, 5) is 23.4. The minimum atomic E-state index is -0.193. The van der Waals surface area contributed by atoms with E-state index in [9.17, 15) is 4.79 Å². The second kappa shape index (κ2) is 9.64. The zero-order valence-electron chi connectivity index (χ0n) is 19.0. The van der Waals surface area contributed by atoms with Gasteiger partial charge in [-0.3, -0.25) is 14.8 Å². The second-order valence-corrected chi connectivity index (χ2v) is 9.50. The van der Waals surface area contributed by atoms with Gasteiger partial charge in [0.25, 0.3) is 0 Å². The maximum atomic E-state index is 12.1. The average Bonchev–Trinajstić information content (AvgIpc) is 3.19. The Hall–Kier alpha value is -2.73. The molecule has 1 aromatic heterocycles. The summed E-state index contributed by atoms with van der Waals surface area (Å²) in [6.07, 6.45) is 4.82. The van der Waals surface area contributed by atoms with Crippen molar-refractivity contribution < 1.29 is 4.79 Å². The molecule has 1 fully saturated rings. The zero-order valence-corrected chi connectivity index (χ0v) is 19.7. The number of anilines is 1. The molecule has 5 nitrogen and oxygen atoms in total. The third-order valence-electron chi connectivity index (χ3n) is 6.84. The van der Waals surface area contributed by atoms with Crippen LogP contribution in [0, 0.1) is 6.92 Å². The maximum Gasteiger partial charge on any atom is 0.141 e. The number of carbonyl (C=O) groups is 1. The number of aryl methyl sites for hydroxylation is 1. The topological polar surface area (TPSA) is 39.7 Å². The maximum absolute atomic E-state index is 12.1. The molecule has 2 aliphatic heterocycles. The van der Waals surface area contributed by atoms with Gasteiger partial charge in [-0.1, -0.05) is 23.7 Å². The van der Waals surface area contributed by atoms with Gasteiger partial charge in [-0.2, -0.15) is 0 Å². The van der Waals surface area contributed by atoms with Crippen molar-refractivity contribution in [3.8, 4) is 0 Å². The normalized spacial score (nSPS) is 19.0. The Kier molecular flexibility index (Phi) is 6.45. The highest BCUT2D eigenvalue weighted by atomic mass is 35.5. The van der Waals surface area contributed by atoms with Crippen LogP contribution in [-0.4, -0.2) is 47.2 Å². The molecular formula is C27H29ClN4O. The third kappa shape index (κ3) is 4.81. The number of piperazine rings is 1. The Morgan fingerprint density at radius 2 is 1.67 bits per heavy atom. The predicted octanol–water partition coefficient (Wildman–Crippen LogP) is 4.62. The molecular weight excluding hydrogens is 432 g/mol. The van der Waals surface area contributed by atoms with E-state index in [-0.39, 0.29) is 6.04 Å². The fourth-order valence-corrected chi connectivity index (χ4v) is 5.26. The van der Waals surface area contributed by atoms with E-state index in [1.807, 2.05) is 36.7 Å². The lowest BCUT2D eigenvalue weighted by Crippen LogP contribution is -2.46. The molecule has 33 heavy (non-hydrogen) atoms. The fraction of sp³-hybridized carbons (Fsp3) is 0.333. The van der Waals surface area contributed by atoms with Crippen LogP contribution in [0.4, 0.5) is 5.69 Å². The van der Waals surface area contributed by atoms with Crippen LogP contribution >= 0.6 is 11.6 Å². The van der Waals surface area contributed by atoms with Crippen molar-refractivity contribution in [1.29, 1.82) is 0 Å². The van der Waals surface area contributed by atoms with E-state index in [4.69, 9.17) is 11.6 Å². The lowest BCUT2D eigenvalue weighted by atomic mass is 9.98. The summed E-state index contributed by atoms with van der Waals surface area (Å²) < 4.78 is 0. The van der Waals surface area contributed by atoms with E-state index in [1.54, 1.807) is 0 Å². The fourth-order valence-electron chi connectivity index (χ4n) is 5.13. The van der Waals surface area contributed by atoms with Crippen LogP contribution in [0.1, 0.15) is 33.9 Å². The van der Waals surface area contributed by atoms with Crippen molar-refractivity contribution >= 4 is 23.6 Å². The number of carbonyl (C=O) groups excluding carboxylic acids is 1. The number of hydrogen-bond donors (Lipinski definition) is 0. The molecule has 0 spiro atoms. The third-order valence-corrected chi connectivity index (χ3v) is 7.09. The molecule has 170 valence electrons. The molecule has 0 bridgehead atoms. The molecule has 1 saturated heterocycles. The van der Waals surface area contributed by atoms with E-state index in [0.717, 1.165) is 57.1 Å². The number of rotatable bonds is 6. The highest BCUT2D eigenvalue weighted by molar-refractivity contribution is 6.30. The van der Waals surface area contributed by atoms with Gasteiger partial charge in [0, 0.05) is 68.9 Å². The van der Waals surface area contributed by atoms with Gasteiger partial charge in [0.15, 0.2) is 0 Å². The first-order valence-electron chi connectivity index (χ1n) is 11.5. The quantitative estimate of drug-likeness (QED) is 0.502. The summed E-state index contributed by atoms with van der Waals surface area (Å²) in [6.45, 7) is 8.74. The van der Waals surface area contributed by atoms with Crippen LogP contribution in [0.3, 0.4) is 0 Å². The predicted molar refractivity (Wildman–Crippen MR) is 132 cm³/mol. The standard InChI is InChI=1S/C27H29ClN4O/c1-20-14-25(31-12-10-30(11-13-31)16-22-6-8-29-9-7-22)15-23-18-32(26(19-33)27(20)23)17-21-2-4-24(28)5-3-21/h2-9,14-15,19,26H,10-13,16-18H2,1H3. The molecule has 6 heteroatoms. The van der Waals surface area contributed by atoms with E-state index in [0.29, 0.717) is 0 Å². The molecule has 0 amide bonds. The van der Waals surface area contributed by atoms with Crippen LogP contribution in [0.15, 0.2) is 60.9 Å². The largest absolute Gasteiger partial charge is 0.369 e. The van der Waals surface area contributed by atoms with Crippen LogP contribution in [0.25, 0.3) is 0 Å². The van der Waals surface area contributed by atoms with Crippen LogP contribution < -0.4 is 4.90 Å². The van der Waals surface area contributed by atoms with Gasteiger partial charge < -0.3 is 9.69 Å². The smallest absolute Gasteiger partial charge is 0.141 e. The zero-order chi connectivity index (χ0) is 22.8. The summed E-state index contributed by atoms with van der Waals surface area (Å²) in [5.74, 6) is 0. The minimum Gasteiger partial charge on any atom is -0.369 e. The Morgan fingerprint density at radius 3 is 2.36 bits per heavy atom. The Bertz CT molecular complexity index is 1110. The van der Waals surface area contributed by atoms with Crippen LogP contribution in [0.2, 0.25) is 5.02 Å². The Morgan fingerprint density at radius 1 is 0.970 bits per heavy atom. The van der Waals surface area contributed by atoms with Gasteiger partial charge in [0.05, 0.1) is 6.04 Å². The van der Waals surface area contributed by atoms with Gasteiger partial charge in [-0.15, -0.1) is 0 Å². The van der Waals surface area contributed by atoms with E-state index < -0.39 is 0 Å². The lowest BCUT2D eigenvalue weighted by molar-refractivity contribution is -0.112. The second-order valence-electron chi connectivity index (χ2n) is 9.07. The van der Waals surface area contributed by atoms with Crippen molar-refractivity contribution in [3.63, 3.8) is 0 Å². The lowest BCUT2D eigenvalue weighted by Gasteiger charge is -2.36. The van der Waals surface area contributed by atoms with Crippen LogP contribution in [-0.2, 0) is 24.4 Å². The monoisotopic (exact) mass is 460 g/mol. The first-order chi connectivity index (χ1) is 16.1. The number of hydrogen-bond acceptors (Lipinski definition) is 5. The Balaban J connectivity index is 1.28. The van der Waals surface area contributed by atoms with Gasteiger partial charge in [-0.25, -0.2) is 0 Å². The van der Waals surface area contributed by atoms with Gasteiger partial charge in [-0.05, 0) is 71.1 Å². The number of pyridine rings is 1. The SMILES string of the molecule is Cc1cc(N2CCN(Cc3ccncc3)CC2)cc2c1C(C=O)N(Cc1ccc(Cl)cc1)C2. The van der Waals surface area contributed by atoms with Gasteiger partial charge in [0.2, 0.25) is 0 Å². The molecule has 5 rings (SSSR count). The highest BCUT2D eigenvalue weighted by Gasteiger charge is 2.32. The summed E-state index contributed by atoms with van der Waals surface area (Å²) in [5, 5.41) is 0.733. The summed E-state index contributed by atoms with van der Waals surface area (Å²) in [6, 6.07) is 16.5. The van der Waals surface area contributed by atoms with E-state index >= 15 is 0 Å². The molecule has 3 heterocycles. The number of halogens is 1. The summed E-state index contributed by atoms with van der Waals surface area (Å²) in [7, 11) is 0. The van der Waals surface area contributed by atoms with Crippen molar-refractivity contribution in [1.82, 2.24) is 14.8 Å². The Labute approximate surface area is 200 Å². The summed E-state index contributed by atoms with van der Waals surface area (Å²) in [5.41, 5.74) is 7.41. The van der Waals surface area contributed by atoms with Crippen molar-refractivity contribution in [3.05, 3.63) is 93.8 Å². The highest BCUT2D eigenvalue weighted by Crippen LogP contribution is 2.38. The average molecular weight is 461 g/mol. The van der Waals surface area contributed by atoms with Crippen LogP contribution in [0.5, 0.6) is 0 Å². The molecule has 0 radical (unpaired) electrons. The van der Waals surface area contributed by atoms with Crippen molar-refractivity contribution in [2.24, 2.45) is 0 Å². The molecule has 1 unspecified atom stereocenters. The molecule has 0 aliphatic carbocycles. The van der Waals surface area contributed by atoms with E-state index in [1.165, 1.54) is 33.5 Å². The number of nitrogens with zero attached hydrogens (tertiary/aromatic N) is 4. The van der Waals surface area contributed by atoms with Gasteiger partial charge in [0.1, 0.15) is 6.29 Å². The molecule has 1 atom stereocenters. The van der Waals surface area contributed by atoms with Gasteiger partial charge >= 0.3 is 0 Å². The molecule has 3 aromatic rings.